The summed E-state index contributed by atoms with van der Waals surface area (Å²) in [4.78, 5) is 53.3. The molecule has 11 heteroatoms. The summed E-state index contributed by atoms with van der Waals surface area (Å²) >= 11 is 0. The van der Waals surface area contributed by atoms with Crippen molar-refractivity contribution in [1.82, 2.24) is 20.2 Å². The maximum absolute atomic E-state index is 14.7. The number of fused-ring (bicyclic) bond motifs is 3. The molecule has 8 atom stereocenters. The van der Waals surface area contributed by atoms with Crippen LogP contribution in [-0.4, -0.2) is 77.4 Å². The Morgan fingerprint density at radius 1 is 1.08 bits per heavy atom. The van der Waals surface area contributed by atoms with Gasteiger partial charge in [-0.2, -0.15) is 0 Å². The molecule has 1 saturated heterocycles. The molecule has 52 heavy (non-hydrogen) atoms. The van der Waals surface area contributed by atoms with Crippen LogP contribution >= 0.6 is 0 Å². The van der Waals surface area contributed by atoms with Crippen molar-refractivity contribution >= 4 is 35.1 Å². The number of carbonyl (C=O) groups is 3. The van der Waals surface area contributed by atoms with Gasteiger partial charge in [-0.25, -0.2) is 19.6 Å². The Morgan fingerprint density at radius 3 is 2.48 bits per heavy atom. The van der Waals surface area contributed by atoms with Gasteiger partial charge in [0.1, 0.15) is 35.7 Å². The third kappa shape index (κ3) is 8.55. The number of ether oxygens (including phenoxy) is 4. The molecule has 2 bridgehead atoms. The molecule has 3 aliphatic rings. The van der Waals surface area contributed by atoms with Gasteiger partial charge in [0.25, 0.3) is 0 Å². The van der Waals surface area contributed by atoms with Crippen molar-refractivity contribution in [2.24, 2.45) is 35.0 Å². The van der Waals surface area contributed by atoms with E-state index in [1.54, 1.807) is 25.3 Å². The van der Waals surface area contributed by atoms with Crippen molar-refractivity contribution in [3.05, 3.63) is 43.1 Å². The largest absolute Gasteiger partial charge is 0.497 e. The molecule has 2 aromatic rings. The van der Waals surface area contributed by atoms with E-state index in [2.05, 4.69) is 18.5 Å². The van der Waals surface area contributed by atoms with Gasteiger partial charge in [0, 0.05) is 12.0 Å². The Labute approximate surface area is 308 Å². The molecule has 5 rings (SSSR count). The summed E-state index contributed by atoms with van der Waals surface area (Å²) in [5.41, 5.74) is 0.949. The number of likely N-dealkylation sites (tertiary alicyclic amines) is 1. The van der Waals surface area contributed by atoms with Crippen LogP contribution in [0, 0.1) is 35.0 Å². The number of hydrogen-bond acceptors (Lipinski definition) is 9. The number of alkyl carbamates (subject to hydrolysis) is 1. The highest BCUT2D eigenvalue weighted by Gasteiger charge is 2.53. The lowest BCUT2D eigenvalue weighted by atomic mass is 9.83. The second-order valence-electron chi connectivity index (χ2n) is 16.2. The first kappa shape index (κ1) is 39.1. The number of aromatic nitrogens is 2. The van der Waals surface area contributed by atoms with E-state index >= 15 is 0 Å². The Hall–Kier alpha value is -4.15. The van der Waals surface area contributed by atoms with Crippen LogP contribution < -0.4 is 14.8 Å². The molecule has 11 nitrogen and oxygen atoms in total. The topological polar surface area (TPSA) is 129 Å². The van der Waals surface area contributed by atoms with Crippen molar-refractivity contribution in [3.8, 4) is 11.6 Å². The Balaban J connectivity index is 1.41. The average molecular weight is 719 g/mol. The molecule has 2 saturated carbocycles. The number of nitrogens with zero attached hydrogens (tertiary/aromatic N) is 3. The molecule has 0 radical (unpaired) electrons. The number of amides is 2. The summed E-state index contributed by atoms with van der Waals surface area (Å²) in [5, 5.41) is 2.96. The summed E-state index contributed by atoms with van der Waals surface area (Å²) < 4.78 is 23.9. The van der Waals surface area contributed by atoms with E-state index in [4.69, 9.17) is 28.9 Å². The molecule has 1 aromatic heterocycles. The van der Waals surface area contributed by atoms with E-state index in [0.717, 1.165) is 32.1 Å². The number of carbonyl (C=O) groups excluding carboxylic acids is 3. The number of rotatable bonds is 15. The zero-order valence-corrected chi connectivity index (χ0v) is 32.1. The van der Waals surface area contributed by atoms with Crippen molar-refractivity contribution in [1.29, 1.82) is 0 Å². The van der Waals surface area contributed by atoms with Gasteiger partial charge in [0.2, 0.25) is 11.8 Å². The normalized spacial score (nSPS) is 25.9. The standard InChI is InChI=1S/C41H58N4O7/c1-10-13-14-15-29-25-16-17-26(20-25)35(29)52-40(48)44-36(41(6,7)8)38(46)45-22-33(28(11-2)34(45)39(47)50-23-24(4)5)51-37-30(12-3)42-31-19-18-27(49-9)21-32(31)43-37/h10,12,18-19,21,24-26,28-29,33-36H,1,3,11,13-17,20,22-23H2,2,4-9H3,(H,44,48)/t25-,26+,28+,29-,33-,34-,35-,36+/m0/s1. The van der Waals surface area contributed by atoms with E-state index in [1.807, 2.05) is 53.7 Å². The minimum Gasteiger partial charge on any atom is -0.497 e. The number of hydrogen-bond donors (Lipinski definition) is 1. The maximum Gasteiger partial charge on any atom is 0.408 e. The molecule has 2 aliphatic carbocycles. The monoisotopic (exact) mass is 718 g/mol. The highest BCUT2D eigenvalue weighted by atomic mass is 16.6. The molecular formula is C41H58N4O7. The zero-order chi connectivity index (χ0) is 37.7. The molecule has 1 N–H and O–H groups in total. The van der Waals surface area contributed by atoms with Crippen molar-refractivity contribution < 1.29 is 33.3 Å². The fraction of sp³-hybridized carbons (Fsp3) is 0.634. The minimum absolute atomic E-state index is 0.0776. The van der Waals surface area contributed by atoms with Crippen LogP contribution in [0.15, 0.2) is 37.4 Å². The first-order chi connectivity index (χ1) is 24.8. The second kappa shape index (κ2) is 16.7. The van der Waals surface area contributed by atoms with Crippen molar-refractivity contribution in [2.45, 2.75) is 111 Å². The van der Waals surface area contributed by atoms with Gasteiger partial charge in [-0.3, -0.25) is 4.79 Å². The number of allylic oxidation sites excluding steroid dienone is 1. The van der Waals surface area contributed by atoms with Crippen LogP contribution in [0.4, 0.5) is 4.79 Å². The number of benzene rings is 1. The molecule has 1 aromatic carbocycles. The molecular weight excluding hydrogens is 660 g/mol. The van der Waals surface area contributed by atoms with Crippen LogP contribution in [0.25, 0.3) is 17.1 Å². The maximum atomic E-state index is 14.7. The zero-order valence-electron chi connectivity index (χ0n) is 32.1. The van der Waals surface area contributed by atoms with Crippen LogP contribution in [0.2, 0.25) is 0 Å². The Kier molecular flexibility index (Phi) is 12.5. The lowest BCUT2D eigenvalue weighted by molar-refractivity contribution is -0.157. The number of methoxy groups -OCH3 is 1. The van der Waals surface area contributed by atoms with Crippen LogP contribution in [0.1, 0.15) is 92.2 Å². The highest BCUT2D eigenvalue weighted by Crippen LogP contribution is 2.51. The van der Waals surface area contributed by atoms with Gasteiger partial charge < -0.3 is 29.2 Å². The third-order valence-corrected chi connectivity index (χ3v) is 11.0. The van der Waals surface area contributed by atoms with Gasteiger partial charge in [-0.15, -0.1) is 6.58 Å². The van der Waals surface area contributed by atoms with Gasteiger partial charge in [-0.1, -0.05) is 54.2 Å². The predicted molar refractivity (Wildman–Crippen MR) is 201 cm³/mol. The number of nitrogens with one attached hydrogen (secondary N) is 1. The molecule has 3 fully saturated rings. The quantitative estimate of drug-likeness (QED) is 0.114. The van der Waals surface area contributed by atoms with E-state index < -0.39 is 47.5 Å². The smallest absolute Gasteiger partial charge is 0.408 e. The van der Waals surface area contributed by atoms with Gasteiger partial charge in [0.05, 0.1) is 31.3 Å². The van der Waals surface area contributed by atoms with Crippen LogP contribution in [-0.2, 0) is 19.1 Å². The first-order valence-electron chi connectivity index (χ1n) is 19.0. The lowest BCUT2D eigenvalue weighted by Crippen LogP contribution is -2.58. The van der Waals surface area contributed by atoms with Crippen LogP contribution in [0.3, 0.4) is 0 Å². The van der Waals surface area contributed by atoms with Gasteiger partial charge in [0.15, 0.2) is 0 Å². The first-order valence-corrected chi connectivity index (χ1v) is 19.0. The SMILES string of the molecule is C=CCCC[C@H]1[C@H]2CC[C@H](C2)[C@@H]1OC(=O)N[C@H](C(=O)N1C[C@H](Oc2nc3cc(OC)ccc3nc2C=C)[C@@H](CC)[C@H]1C(=O)OCC(C)C)C(C)(C)C. The Bertz CT molecular complexity index is 1620. The van der Waals surface area contributed by atoms with Crippen LogP contribution in [0.5, 0.6) is 11.6 Å². The van der Waals surface area contributed by atoms with Crippen molar-refractivity contribution in [2.75, 3.05) is 20.3 Å². The summed E-state index contributed by atoms with van der Waals surface area (Å²) in [6.45, 7) is 19.6. The lowest BCUT2D eigenvalue weighted by Gasteiger charge is -2.36. The number of unbranched alkanes of at least 4 members (excludes halogenated alkanes) is 1. The molecule has 1 aliphatic heterocycles. The van der Waals surface area contributed by atoms with Crippen molar-refractivity contribution in [3.63, 3.8) is 0 Å². The molecule has 0 unspecified atom stereocenters. The summed E-state index contributed by atoms with van der Waals surface area (Å²) in [6, 6.07) is 3.47. The van der Waals surface area contributed by atoms with Gasteiger partial charge >= 0.3 is 12.1 Å². The van der Waals surface area contributed by atoms with E-state index in [-0.39, 0.29) is 31.1 Å². The Morgan fingerprint density at radius 2 is 1.83 bits per heavy atom. The molecule has 2 amide bonds. The fourth-order valence-electron chi connectivity index (χ4n) is 8.40. The van der Waals surface area contributed by atoms with Gasteiger partial charge in [-0.05, 0) is 92.2 Å². The van der Waals surface area contributed by atoms with E-state index in [9.17, 15) is 14.4 Å². The number of esters is 1. The summed E-state index contributed by atoms with van der Waals surface area (Å²) in [6.07, 6.45) is 8.87. The van der Waals surface area contributed by atoms with E-state index in [0.29, 0.717) is 46.7 Å². The fourth-order valence-corrected chi connectivity index (χ4v) is 8.40. The van der Waals surface area contributed by atoms with E-state index in [1.165, 1.54) is 11.3 Å². The predicted octanol–water partition coefficient (Wildman–Crippen LogP) is 7.38. The minimum atomic E-state index is -0.980. The third-order valence-electron chi connectivity index (χ3n) is 11.0. The summed E-state index contributed by atoms with van der Waals surface area (Å²) in [5.74, 6) is 0.865. The molecule has 284 valence electrons. The average Bonchev–Trinajstić information content (AvgIpc) is 3.82. The highest BCUT2D eigenvalue weighted by molar-refractivity contribution is 5.91. The second-order valence-corrected chi connectivity index (χ2v) is 16.2. The molecule has 0 spiro atoms. The molecule has 2 heterocycles. The summed E-state index contributed by atoms with van der Waals surface area (Å²) in [7, 11) is 1.58.